The van der Waals surface area contributed by atoms with Crippen LogP contribution in [0.15, 0.2) is 83.5 Å². The van der Waals surface area contributed by atoms with Gasteiger partial charge in [0.25, 0.3) is 11.8 Å². The molecule has 3 aromatic rings. The van der Waals surface area contributed by atoms with Crippen molar-refractivity contribution in [1.29, 1.82) is 0 Å². The zero-order valence-electron chi connectivity index (χ0n) is 16.8. The maximum absolute atomic E-state index is 12.8. The van der Waals surface area contributed by atoms with Crippen LogP contribution < -0.4 is 15.0 Å². The van der Waals surface area contributed by atoms with Crippen molar-refractivity contribution < 1.29 is 19.1 Å². The van der Waals surface area contributed by atoms with Gasteiger partial charge in [0, 0.05) is 10.7 Å². The predicted octanol–water partition coefficient (Wildman–Crippen LogP) is 5.30. The van der Waals surface area contributed by atoms with Crippen LogP contribution in [0.3, 0.4) is 0 Å². The van der Waals surface area contributed by atoms with Gasteiger partial charge in [-0.3, -0.25) is 9.59 Å². The number of halogens is 2. The Morgan fingerprint density at radius 1 is 0.906 bits per heavy atom. The topological polar surface area (TPSA) is 75.7 Å². The maximum Gasteiger partial charge on any atom is 0.343 e. The number of carbonyl (C=O) groups is 3. The van der Waals surface area contributed by atoms with Crippen LogP contribution in [-0.2, 0) is 9.59 Å². The first-order chi connectivity index (χ1) is 15.3. The van der Waals surface area contributed by atoms with E-state index >= 15 is 0 Å². The van der Waals surface area contributed by atoms with E-state index in [9.17, 15) is 14.4 Å². The van der Waals surface area contributed by atoms with Crippen LogP contribution in [0, 0.1) is 6.92 Å². The molecule has 32 heavy (non-hydrogen) atoms. The number of anilines is 2. The van der Waals surface area contributed by atoms with Crippen LogP contribution in [0.5, 0.6) is 5.75 Å². The van der Waals surface area contributed by atoms with Crippen molar-refractivity contribution in [2.24, 2.45) is 0 Å². The van der Waals surface area contributed by atoms with Crippen LogP contribution in [0.4, 0.5) is 11.4 Å². The first-order valence-electron chi connectivity index (χ1n) is 9.53. The first kappa shape index (κ1) is 21.6. The van der Waals surface area contributed by atoms with Gasteiger partial charge in [-0.15, -0.1) is 0 Å². The summed E-state index contributed by atoms with van der Waals surface area (Å²) in [6.45, 7) is 1.90. The number of nitrogens with one attached hydrogen (secondary N) is 1. The lowest BCUT2D eigenvalue weighted by Gasteiger charge is -2.15. The number of rotatable bonds is 5. The number of imide groups is 1. The number of amides is 2. The molecule has 0 fully saturated rings. The van der Waals surface area contributed by atoms with Crippen molar-refractivity contribution >= 4 is 52.4 Å². The Kier molecular flexibility index (Phi) is 5.99. The minimum Gasteiger partial charge on any atom is -0.423 e. The average molecular weight is 467 g/mol. The molecule has 0 saturated heterocycles. The molecule has 3 aromatic carbocycles. The van der Waals surface area contributed by atoms with E-state index in [-0.39, 0.29) is 10.7 Å². The van der Waals surface area contributed by atoms with Gasteiger partial charge in [-0.1, -0.05) is 41.4 Å². The summed E-state index contributed by atoms with van der Waals surface area (Å²) in [7, 11) is 0. The van der Waals surface area contributed by atoms with E-state index in [1.165, 1.54) is 6.07 Å². The third-order valence-electron chi connectivity index (χ3n) is 4.68. The standard InChI is InChI=1S/C24H16Cl2N2O4/c1-14-4-2-7-19(12-14)32-24(31)15-8-10-17(11-9-15)27-21-20(26)22(29)28(23(21)30)18-6-3-5-16(25)13-18/h2-13,27H,1H3. The summed E-state index contributed by atoms with van der Waals surface area (Å²) in [5.74, 6) is -1.33. The number of hydrogen-bond donors (Lipinski definition) is 1. The Balaban J connectivity index is 1.49. The minimum absolute atomic E-state index is 0.0632. The largest absolute Gasteiger partial charge is 0.423 e. The van der Waals surface area contributed by atoms with Crippen LogP contribution >= 0.6 is 23.2 Å². The van der Waals surface area contributed by atoms with Crippen molar-refractivity contribution in [1.82, 2.24) is 0 Å². The summed E-state index contributed by atoms with van der Waals surface area (Å²) in [5, 5.41) is 3.00. The highest BCUT2D eigenvalue weighted by molar-refractivity contribution is 6.53. The highest BCUT2D eigenvalue weighted by Crippen LogP contribution is 2.31. The Morgan fingerprint density at radius 3 is 2.31 bits per heavy atom. The fourth-order valence-electron chi connectivity index (χ4n) is 3.14. The van der Waals surface area contributed by atoms with Gasteiger partial charge in [0.15, 0.2) is 0 Å². The second-order valence-corrected chi connectivity index (χ2v) is 7.84. The molecular formula is C24H16Cl2N2O4. The molecule has 0 radical (unpaired) electrons. The Morgan fingerprint density at radius 2 is 1.62 bits per heavy atom. The summed E-state index contributed by atoms with van der Waals surface area (Å²) in [6.07, 6.45) is 0. The molecule has 0 aliphatic carbocycles. The molecule has 0 saturated carbocycles. The van der Waals surface area contributed by atoms with Crippen molar-refractivity contribution in [3.05, 3.63) is 99.7 Å². The normalized spacial score (nSPS) is 13.5. The lowest BCUT2D eigenvalue weighted by atomic mass is 10.2. The lowest BCUT2D eigenvalue weighted by molar-refractivity contribution is -0.120. The van der Waals surface area contributed by atoms with Crippen LogP contribution in [-0.4, -0.2) is 17.8 Å². The molecule has 2 amide bonds. The molecule has 0 unspecified atom stereocenters. The molecule has 1 aliphatic heterocycles. The average Bonchev–Trinajstić information content (AvgIpc) is 2.97. The Labute approximate surface area is 194 Å². The Bertz CT molecular complexity index is 1270. The summed E-state index contributed by atoms with van der Waals surface area (Å²) >= 11 is 12.1. The van der Waals surface area contributed by atoms with E-state index in [1.807, 2.05) is 13.0 Å². The van der Waals surface area contributed by atoms with Gasteiger partial charge in [-0.05, 0) is 67.1 Å². The molecule has 0 atom stereocenters. The van der Waals surface area contributed by atoms with E-state index in [0.29, 0.717) is 27.7 Å². The van der Waals surface area contributed by atoms with Gasteiger partial charge in [-0.2, -0.15) is 0 Å². The number of benzene rings is 3. The van der Waals surface area contributed by atoms with Crippen LogP contribution in [0.1, 0.15) is 15.9 Å². The van der Waals surface area contributed by atoms with Gasteiger partial charge < -0.3 is 10.1 Å². The summed E-state index contributed by atoms with van der Waals surface area (Å²) in [5.41, 5.74) is 2.02. The highest BCUT2D eigenvalue weighted by atomic mass is 35.5. The van der Waals surface area contributed by atoms with Gasteiger partial charge in [0.2, 0.25) is 0 Å². The lowest BCUT2D eigenvalue weighted by Crippen LogP contribution is -2.32. The van der Waals surface area contributed by atoms with Gasteiger partial charge in [-0.25, -0.2) is 9.69 Å². The first-order valence-corrected chi connectivity index (χ1v) is 10.3. The molecule has 0 aromatic heterocycles. The number of hydrogen-bond acceptors (Lipinski definition) is 5. The second kappa shape index (κ2) is 8.86. The highest BCUT2D eigenvalue weighted by Gasteiger charge is 2.39. The predicted molar refractivity (Wildman–Crippen MR) is 123 cm³/mol. The third kappa shape index (κ3) is 4.37. The van der Waals surface area contributed by atoms with E-state index in [1.54, 1.807) is 60.7 Å². The summed E-state index contributed by atoms with van der Waals surface area (Å²) in [4.78, 5) is 38.7. The van der Waals surface area contributed by atoms with E-state index in [2.05, 4.69) is 5.32 Å². The van der Waals surface area contributed by atoms with Gasteiger partial charge >= 0.3 is 5.97 Å². The summed E-state index contributed by atoms with van der Waals surface area (Å²) in [6, 6.07) is 19.8. The van der Waals surface area contributed by atoms with Crippen LogP contribution in [0.25, 0.3) is 0 Å². The molecule has 0 bridgehead atoms. The zero-order valence-corrected chi connectivity index (χ0v) is 18.3. The molecule has 4 rings (SSSR count). The Hall–Kier alpha value is -3.61. The SMILES string of the molecule is Cc1cccc(OC(=O)c2ccc(NC3=C(Cl)C(=O)N(c4cccc(Cl)c4)C3=O)cc2)c1. The molecule has 0 spiro atoms. The molecule has 1 aliphatic rings. The van der Waals surface area contributed by atoms with Gasteiger partial charge in [0.05, 0.1) is 11.3 Å². The number of esters is 1. The number of aryl methyl sites for hydroxylation is 1. The molecule has 1 N–H and O–H groups in total. The number of nitrogens with zero attached hydrogens (tertiary/aromatic N) is 1. The third-order valence-corrected chi connectivity index (χ3v) is 5.27. The van der Waals surface area contributed by atoms with Crippen molar-refractivity contribution in [2.45, 2.75) is 6.92 Å². The number of carbonyl (C=O) groups excluding carboxylic acids is 3. The van der Waals surface area contributed by atoms with Crippen molar-refractivity contribution in [3.63, 3.8) is 0 Å². The second-order valence-electron chi connectivity index (χ2n) is 7.02. The molecular weight excluding hydrogens is 451 g/mol. The van der Waals surface area contributed by atoms with Crippen molar-refractivity contribution in [3.8, 4) is 5.75 Å². The zero-order chi connectivity index (χ0) is 22.8. The maximum atomic E-state index is 12.8. The fraction of sp³-hybridized carbons (Fsp3) is 0.0417. The monoisotopic (exact) mass is 466 g/mol. The molecule has 6 nitrogen and oxygen atoms in total. The van der Waals surface area contributed by atoms with E-state index in [4.69, 9.17) is 27.9 Å². The smallest absolute Gasteiger partial charge is 0.343 e. The fourth-order valence-corrected chi connectivity index (χ4v) is 3.54. The van der Waals surface area contributed by atoms with E-state index in [0.717, 1.165) is 10.5 Å². The quantitative estimate of drug-likeness (QED) is 0.313. The van der Waals surface area contributed by atoms with Gasteiger partial charge in [0.1, 0.15) is 16.5 Å². The van der Waals surface area contributed by atoms with Crippen LogP contribution in [0.2, 0.25) is 5.02 Å². The van der Waals surface area contributed by atoms with E-state index < -0.39 is 17.8 Å². The molecule has 8 heteroatoms. The van der Waals surface area contributed by atoms with Crippen molar-refractivity contribution in [2.75, 3.05) is 10.2 Å². The molecule has 1 heterocycles. The summed E-state index contributed by atoms with van der Waals surface area (Å²) < 4.78 is 5.37. The molecule has 160 valence electrons. The number of ether oxygens (including phenoxy) is 1. The minimum atomic E-state index is -0.653.